The van der Waals surface area contributed by atoms with Crippen molar-refractivity contribution < 1.29 is 38.1 Å². The second kappa shape index (κ2) is 11.6. The third kappa shape index (κ3) is 6.75. The van der Waals surface area contributed by atoms with Gasteiger partial charge in [0.15, 0.2) is 5.78 Å². The van der Waals surface area contributed by atoms with Gasteiger partial charge in [0.1, 0.15) is 37.9 Å². The van der Waals surface area contributed by atoms with Crippen LogP contribution in [-0.2, 0) is 23.9 Å². The van der Waals surface area contributed by atoms with Gasteiger partial charge in [0.25, 0.3) is 11.8 Å². The van der Waals surface area contributed by atoms with Crippen LogP contribution in [0.3, 0.4) is 0 Å². The Morgan fingerprint density at radius 3 is 1.70 bits per heavy atom. The van der Waals surface area contributed by atoms with Gasteiger partial charge >= 0.3 is 5.97 Å². The molecule has 0 N–H and O–H groups in total. The summed E-state index contributed by atoms with van der Waals surface area (Å²) in [7, 11) is 1.60. The predicted molar refractivity (Wildman–Crippen MR) is 116 cm³/mol. The van der Waals surface area contributed by atoms with E-state index in [1.165, 1.54) is 0 Å². The molecule has 1 aliphatic heterocycles. The van der Waals surface area contributed by atoms with E-state index in [2.05, 4.69) is 0 Å². The van der Waals surface area contributed by atoms with Gasteiger partial charge in [0.2, 0.25) is 0 Å². The summed E-state index contributed by atoms with van der Waals surface area (Å²) >= 11 is 0. The maximum Gasteiger partial charge on any atom is 0.326 e. The first-order valence-corrected chi connectivity index (χ1v) is 10.2. The summed E-state index contributed by atoms with van der Waals surface area (Å²) in [5, 5.41) is 0. The van der Waals surface area contributed by atoms with E-state index in [4.69, 9.17) is 18.9 Å². The van der Waals surface area contributed by atoms with Crippen molar-refractivity contribution in [2.75, 3.05) is 40.1 Å². The van der Waals surface area contributed by atoms with Crippen LogP contribution in [0.15, 0.2) is 60.7 Å². The number of carbonyl (C=O) groups is 4. The second-order valence-electron chi connectivity index (χ2n) is 6.88. The van der Waals surface area contributed by atoms with Crippen LogP contribution in [-0.4, -0.2) is 68.5 Å². The van der Waals surface area contributed by atoms with Crippen molar-refractivity contribution in [2.24, 2.45) is 0 Å². The maximum atomic E-state index is 12.6. The summed E-state index contributed by atoms with van der Waals surface area (Å²) in [6.45, 7) is 0.489. The van der Waals surface area contributed by atoms with Gasteiger partial charge in [-0.2, -0.15) is 0 Å². The van der Waals surface area contributed by atoms with Crippen LogP contribution in [0.5, 0.6) is 11.5 Å². The minimum absolute atomic E-state index is 0.0536. The predicted octanol–water partition coefficient (Wildman–Crippen LogP) is 1.79. The first kappa shape index (κ1) is 23.7. The third-order valence-electron chi connectivity index (χ3n) is 4.59. The topological polar surface area (TPSA) is 108 Å². The lowest BCUT2D eigenvalue weighted by Crippen LogP contribution is -2.36. The number of esters is 1. The number of nitrogens with zero attached hydrogens (tertiary/aromatic N) is 1. The molecule has 0 saturated heterocycles. The molecule has 0 saturated carbocycles. The van der Waals surface area contributed by atoms with Crippen molar-refractivity contribution in [3.05, 3.63) is 71.8 Å². The van der Waals surface area contributed by atoms with Crippen LogP contribution in [0, 0.1) is 0 Å². The molecule has 172 valence electrons. The van der Waals surface area contributed by atoms with Gasteiger partial charge in [-0.05, 0) is 48.5 Å². The Bertz CT molecular complexity index is 1010. The SMILES string of the molecule is COCCOc1ccc(C(=O)c2ccc(OCCOC(=O)CN3C(=O)C=CC3=O)cc2)cc1. The lowest BCUT2D eigenvalue weighted by molar-refractivity contribution is -0.152. The number of ether oxygens (including phenoxy) is 4. The molecule has 9 heteroatoms. The van der Waals surface area contributed by atoms with Gasteiger partial charge in [0.05, 0.1) is 6.61 Å². The standard InChI is InChI=1S/C24H23NO8/c1-30-12-13-31-19-6-2-17(3-7-19)24(29)18-4-8-20(9-5-18)32-14-15-33-23(28)16-25-21(26)10-11-22(25)27/h2-11H,12-16H2,1H3. The third-order valence-corrected chi connectivity index (χ3v) is 4.59. The summed E-state index contributed by atoms with van der Waals surface area (Å²) in [6, 6.07) is 13.4. The number of hydrogen-bond acceptors (Lipinski definition) is 8. The van der Waals surface area contributed by atoms with Crippen molar-refractivity contribution >= 4 is 23.6 Å². The van der Waals surface area contributed by atoms with Crippen molar-refractivity contribution in [3.63, 3.8) is 0 Å². The van der Waals surface area contributed by atoms with E-state index in [0.29, 0.717) is 35.8 Å². The molecule has 0 fully saturated rings. The molecule has 2 aromatic rings. The molecule has 3 rings (SSSR count). The summed E-state index contributed by atoms with van der Waals surface area (Å²) < 4.78 is 20.9. The van der Waals surface area contributed by atoms with E-state index in [0.717, 1.165) is 17.1 Å². The number of rotatable bonds is 12. The Morgan fingerprint density at radius 1 is 0.727 bits per heavy atom. The van der Waals surface area contributed by atoms with Gasteiger partial charge in [-0.25, -0.2) is 0 Å². The highest BCUT2D eigenvalue weighted by Crippen LogP contribution is 2.18. The molecule has 1 heterocycles. The van der Waals surface area contributed by atoms with Crippen LogP contribution in [0.4, 0.5) is 0 Å². The van der Waals surface area contributed by atoms with Crippen molar-refractivity contribution in [1.82, 2.24) is 4.90 Å². The molecule has 0 radical (unpaired) electrons. The van der Waals surface area contributed by atoms with Crippen molar-refractivity contribution in [2.45, 2.75) is 0 Å². The molecular weight excluding hydrogens is 430 g/mol. The lowest BCUT2D eigenvalue weighted by Gasteiger charge is -2.13. The number of carbonyl (C=O) groups excluding carboxylic acids is 4. The molecule has 0 spiro atoms. The monoisotopic (exact) mass is 453 g/mol. The average Bonchev–Trinajstić information content (AvgIpc) is 3.14. The van der Waals surface area contributed by atoms with Gasteiger partial charge in [0, 0.05) is 30.4 Å². The highest BCUT2D eigenvalue weighted by Gasteiger charge is 2.26. The molecular formula is C24H23NO8. The quantitative estimate of drug-likeness (QED) is 0.207. The van der Waals surface area contributed by atoms with Gasteiger partial charge in [-0.15, -0.1) is 0 Å². The van der Waals surface area contributed by atoms with Crippen LogP contribution in [0.2, 0.25) is 0 Å². The van der Waals surface area contributed by atoms with E-state index in [1.807, 2.05) is 0 Å². The zero-order valence-corrected chi connectivity index (χ0v) is 18.0. The van der Waals surface area contributed by atoms with Crippen molar-refractivity contribution in [1.29, 1.82) is 0 Å². The van der Waals surface area contributed by atoms with E-state index >= 15 is 0 Å². The Kier molecular flexibility index (Phi) is 8.31. The molecule has 1 aliphatic rings. The number of benzene rings is 2. The Labute approximate surface area is 190 Å². The molecule has 0 bridgehead atoms. The minimum Gasteiger partial charge on any atom is -0.491 e. The summed E-state index contributed by atoms with van der Waals surface area (Å²) in [5.74, 6) is -0.787. The molecule has 2 aromatic carbocycles. The first-order valence-electron chi connectivity index (χ1n) is 10.2. The number of hydrogen-bond donors (Lipinski definition) is 0. The minimum atomic E-state index is -0.708. The number of ketones is 1. The highest BCUT2D eigenvalue weighted by atomic mass is 16.6. The zero-order chi connectivity index (χ0) is 23.6. The van der Waals surface area contributed by atoms with Gasteiger partial charge < -0.3 is 18.9 Å². The summed E-state index contributed by atoms with van der Waals surface area (Å²) in [4.78, 5) is 48.0. The fourth-order valence-electron chi connectivity index (χ4n) is 2.89. The lowest BCUT2D eigenvalue weighted by atomic mass is 10.0. The number of imide groups is 1. The second-order valence-corrected chi connectivity index (χ2v) is 6.88. The number of methoxy groups -OCH3 is 1. The zero-order valence-electron chi connectivity index (χ0n) is 18.0. The molecule has 33 heavy (non-hydrogen) atoms. The molecule has 9 nitrogen and oxygen atoms in total. The Hall–Kier alpha value is -3.98. The summed E-state index contributed by atoms with van der Waals surface area (Å²) in [5.41, 5.74) is 1.02. The molecule has 0 unspecified atom stereocenters. The maximum absolute atomic E-state index is 12.6. The summed E-state index contributed by atoms with van der Waals surface area (Å²) in [6.07, 6.45) is 2.20. The normalized spacial score (nSPS) is 12.7. The Balaban J connectivity index is 1.41. The van der Waals surface area contributed by atoms with Crippen LogP contribution in [0.1, 0.15) is 15.9 Å². The van der Waals surface area contributed by atoms with E-state index in [9.17, 15) is 19.2 Å². The fourth-order valence-corrected chi connectivity index (χ4v) is 2.89. The average molecular weight is 453 g/mol. The van der Waals surface area contributed by atoms with Crippen LogP contribution in [0.25, 0.3) is 0 Å². The number of amides is 2. The highest BCUT2D eigenvalue weighted by molar-refractivity contribution is 6.14. The van der Waals surface area contributed by atoms with Gasteiger partial charge in [-0.3, -0.25) is 24.1 Å². The van der Waals surface area contributed by atoms with E-state index in [1.54, 1.807) is 55.6 Å². The van der Waals surface area contributed by atoms with Crippen LogP contribution >= 0.6 is 0 Å². The van der Waals surface area contributed by atoms with Crippen LogP contribution < -0.4 is 9.47 Å². The van der Waals surface area contributed by atoms with Crippen molar-refractivity contribution in [3.8, 4) is 11.5 Å². The first-order chi connectivity index (χ1) is 16.0. The largest absolute Gasteiger partial charge is 0.491 e. The Morgan fingerprint density at radius 2 is 1.21 bits per heavy atom. The molecule has 0 atom stereocenters. The van der Waals surface area contributed by atoms with E-state index in [-0.39, 0.29) is 19.0 Å². The molecule has 0 aliphatic carbocycles. The smallest absolute Gasteiger partial charge is 0.326 e. The van der Waals surface area contributed by atoms with E-state index < -0.39 is 24.3 Å². The fraction of sp³-hybridized carbons (Fsp3) is 0.250. The molecule has 0 aromatic heterocycles. The molecule has 2 amide bonds. The van der Waals surface area contributed by atoms with Gasteiger partial charge in [-0.1, -0.05) is 0 Å².